The number of hydrogen-bond acceptors (Lipinski definition) is 2. The summed E-state index contributed by atoms with van der Waals surface area (Å²) in [4.78, 5) is 0. The summed E-state index contributed by atoms with van der Waals surface area (Å²) in [6, 6.07) is 2.50. The second kappa shape index (κ2) is 3.75. The van der Waals surface area contributed by atoms with E-state index in [-0.39, 0.29) is 11.3 Å². The summed E-state index contributed by atoms with van der Waals surface area (Å²) in [7, 11) is 0. The van der Waals surface area contributed by atoms with Crippen molar-refractivity contribution >= 4 is 0 Å². The van der Waals surface area contributed by atoms with Crippen molar-refractivity contribution in [1.29, 1.82) is 0 Å². The molecule has 1 aromatic rings. The minimum Gasteiger partial charge on any atom is -0.508 e. The first-order valence-corrected chi connectivity index (χ1v) is 4.23. The van der Waals surface area contributed by atoms with Gasteiger partial charge >= 0.3 is 0 Å². The van der Waals surface area contributed by atoms with Gasteiger partial charge in [-0.2, -0.15) is 0 Å². The molecule has 3 heteroatoms. The first-order valence-electron chi connectivity index (χ1n) is 4.23. The van der Waals surface area contributed by atoms with Gasteiger partial charge in [0.2, 0.25) is 0 Å². The quantitative estimate of drug-likeness (QED) is 0.740. The van der Waals surface area contributed by atoms with Crippen LogP contribution in [0.5, 0.6) is 5.75 Å². The maximum Gasteiger partial charge on any atom is 0.126 e. The molecule has 0 saturated heterocycles. The van der Waals surface area contributed by atoms with Crippen molar-refractivity contribution in [3.05, 3.63) is 29.1 Å². The van der Waals surface area contributed by atoms with Crippen LogP contribution in [0, 0.1) is 12.7 Å². The van der Waals surface area contributed by atoms with Crippen LogP contribution in [0.2, 0.25) is 0 Å². The van der Waals surface area contributed by atoms with Crippen LogP contribution in [-0.2, 0) is 0 Å². The van der Waals surface area contributed by atoms with Crippen LogP contribution in [-0.4, -0.2) is 10.2 Å². The molecule has 1 aromatic carbocycles. The average Bonchev–Trinajstić information content (AvgIpc) is 2.10. The van der Waals surface area contributed by atoms with Gasteiger partial charge in [0, 0.05) is 5.56 Å². The molecule has 0 aliphatic heterocycles. The van der Waals surface area contributed by atoms with Crippen molar-refractivity contribution in [2.45, 2.75) is 26.4 Å². The fraction of sp³-hybridized carbons (Fsp3) is 0.400. The van der Waals surface area contributed by atoms with Crippen molar-refractivity contribution < 1.29 is 14.6 Å². The molecule has 0 saturated carbocycles. The summed E-state index contributed by atoms with van der Waals surface area (Å²) < 4.78 is 13.0. The molecule has 1 atom stereocenters. The standard InChI is InChI=1S/C10H13FO2/c1-3-9(12)7-5-8(11)6(2)4-10(7)13/h4-5,9,12-13H,3H2,1-2H3. The average molecular weight is 184 g/mol. The highest BCUT2D eigenvalue weighted by Crippen LogP contribution is 2.28. The van der Waals surface area contributed by atoms with E-state index in [1.165, 1.54) is 12.1 Å². The minimum absolute atomic E-state index is 0.0479. The molecule has 0 fully saturated rings. The molecule has 0 aromatic heterocycles. The normalized spacial score (nSPS) is 12.9. The Hall–Kier alpha value is -1.09. The first-order chi connectivity index (χ1) is 6.06. The summed E-state index contributed by atoms with van der Waals surface area (Å²) in [5.41, 5.74) is 0.634. The number of phenols is 1. The van der Waals surface area contributed by atoms with Crippen LogP contribution in [0.15, 0.2) is 12.1 Å². The van der Waals surface area contributed by atoms with Gasteiger partial charge in [0.1, 0.15) is 11.6 Å². The van der Waals surface area contributed by atoms with E-state index in [1.54, 1.807) is 13.8 Å². The molecule has 0 amide bonds. The van der Waals surface area contributed by atoms with E-state index >= 15 is 0 Å². The van der Waals surface area contributed by atoms with Crippen molar-refractivity contribution in [3.8, 4) is 5.75 Å². The van der Waals surface area contributed by atoms with Crippen molar-refractivity contribution in [3.63, 3.8) is 0 Å². The summed E-state index contributed by atoms with van der Waals surface area (Å²) in [5, 5.41) is 18.8. The zero-order chi connectivity index (χ0) is 10.0. The molecule has 0 bridgehead atoms. The van der Waals surface area contributed by atoms with Crippen LogP contribution in [0.1, 0.15) is 30.6 Å². The molecule has 0 heterocycles. The lowest BCUT2D eigenvalue weighted by atomic mass is 10.0. The van der Waals surface area contributed by atoms with E-state index in [1.807, 2.05) is 0 Å². The highest BCUT2D eigenvalue weighted by atomic mass is 19.1. The second-order valence-electron chi connectivity index (χ2n) is 3.08. The molecule has 0 aliphatic rings. The number of aryl methyl sites for hydroxylation is 1. The van der Waals surface area contributed by atoms with E-state index in [0.717, 1.165) is 0 Å². The number of aliphatic hydroxyl groups is 1. The predicted molar refractivity (Wildman–Crippen MR) is 48.1 cm³/mol. The highest BCUT2D eigenvalue weighted by Gasteiger charge is 2.12. The van der Waals surface area contributed by atoms with E-state index in [0.29, 0.717) is 12.0 Å². The molecule has 2 N–H and O–H groups in total. The Labute approximate surface area is 76.6 Å². The maximum atomic E-state index is 13.0. The third-order valence-corrected chi connectivity index (χ3v) is 2.05. The Kier molecular flexibility index (Phi) is 2.88. The van der Waals surface area contributed by atoms with Crippen molar-refractivity contribution in [2.75, 3.05) is 0 Å². The van der Waals surface area contributed by atoms with Crippen LogP contribution in [0.3, 0.4) is 0 Å². The number of aliphatic hydroxyl groups excluding tert-OH is 1. The number of halogens is 1. The van der Waals surface area contributed by atoms with Gasteiger partial charge in [-0.05, 0) is 31.0 Å². The van der Waals surface area contributed by atoms with E-state index in [9.17, 15) is 14.6 Å². The van der Waals surface area contributed by atoms with E-state index < -0.39 is 11.9 Å². The van der Waals surface area contributed by atoms with Crippen LogP contribution >= 0.6 is 0 Å². The zero-order valence-electron chi connectivity index (χ0n) is 7.71. The van der Waals surface area contributed by atoms with Crippen molar-refractivity contribution in [1.82, 2.24) is 0 Å². The molecule has 1 rings (SSSR count). The fourth-order valence-electron chi connectivity index (χ4n) is 1.17. The number of benzene rings is 1. The number of hydrogen-bond donors (Lipinski definition) is 2. The summed E-state index contributed by atoms with van der Waals surface area (Å²) in [6.07, 6.45) is -0.342. The largest absolute Gasteiger partial charge is 0.508 e. The predicted octanol–water partition coefficient (Wildman–Crippen LogP) is 2.28. The Balaban J connectivity index is 3.15. The van der Waals surface area contributed by atoms with E-state index in [4.69, 9.17) is 0 Å². The topological polar surface area (TPSA) is 40.5 Å². The van der Waals surface area contributed by atoms with Gasteiger partial charge in [0.15, 0.2) is 0 Å². The van der Waals surface area contributed by atoms with Gasteiger partial charge in [-0.25, -0.2) is 4.39 Å². The van der Waals surface area contributed by atoms with Crippen LogP contribution in [0.25, 0.3) is 0 Å². The Morgan fingerprint density at radius 1 is 1.46 bits per heavy atom. The molecule has 0 spiro atoms. The molecule has 1 unspecified atom stereocenters. The Bertz CT molecular complexity index is 310. The number of rotatable bonds is 2. The van der Waals surface area contributed by atoms with Gasteiger partial charge in [-0.15, -0.1) is 0 Å². The summed E-state index contributed by atoms with van der Waals surface area (Å²) in [6.45, 7) is 3.33. The number of aromatic hydroxyl groups is 1. The second-order valence-corrected chi connectivity index (χ2v) is 3.08. The molecular formula is C10H13FO2. The fourth-order valence-corrected chi connectivity index (χ4v) is 1.17. The Morgan fingerprint density at radius 3 is 2.62 bits per heavy atom. The summed E-state index contributed by atoms with van der Waals surface area (Å²) >= 11 is 0. The smallest absolute Gasteiger partial charge is 0.126 e. The molecule has 0 aliphatic carbocycles. The highest BCUT2D eigenvalue weighted by molar-refractivity contribution is 5.38. The zero-order valence-corrected chi connectivity index (χ0v) is 7.71. The third kappa shape index (κ3) is 1.98. The molecule has 72 valence electrons. The van der Waals surface area contributed by atoms with Gasteiger partial charge in [-0.1, -0.05) is 6.92 Å². The van der Waals surface area contributed by atoms with Gasteiger partial charge in [-0.3, -0.25) is 0 Å². The lowest BCUT2D eigenvalue weighted by Gasteiger charge is -2.11. The third-order valence-electron chi connectivity index (χ3n) is 2.05. The first kappa shape index (κ1) is 9.99. The van der Waals surface area contributed by atoms with Gasteiger partial charge < -0.3 is 10.2 Å². The monoisotopic (exact) mass is 184 g/mol. The van der Waals surface area contributed by atoms with Crippen LogP contribution < -0.4 is 0 Å². The molecule has 0 radical (unpaired) electrons. The SMILES string of the molecule is CCC(O)c1cc(F)c(C)cc1O. The molecular weight excluding hydrogens is 171 g/mol. The summed E-state index contributed by atoms with van der Waals surface area (Å²) in [5.74, 6) is -0.450. The van der Waals surface area contributed by atoms with Gasteiger partial charge in [0.25, 0.3) is 0 Å². The lowest BCUT2D eigenvalue weighted by Crippen LogP contribution is -1.97. The molecule has 2 nitrogen and oxygen atoms in total. The van der Waals surface area contributed by atoms with Gasteiger partial charge in [0.05, 0.1) is 6.10 Å². The van der Waals surface area contributed by atoms with E-state index in [2.05, 4.69) is 0 Å². The maximum absolute atomic E-state index is 13.0. The minimum atomic E-state index is -0.796. The van der Waals surface area contributed by atoms with Crippen molar-refractivity contribution in [2.24, 2.45) is 0 Å². The number of phenolic OH excluding ortho intramolecular Hbond substituents is 1. The van der Waals surface area contributed by atoms with Crippen LogP contribution in [0.4, 0.5) is 4.39 Å². The Morgan fingerprint density at radius 2 is 2.08 bits per heavy atom. The lowest BCUT2D eigenvalue weighted by molar-refractivity contribution is 0.169. The molecule has 13 heavy (non-hydrogen) atoms.